The van der Waals surface area contributed by atoms with E-state index >= 15 is 0 Å². The number of hydrogen-bond donors (Lipinski definition) is 0. The number of ketones is 2. The van der Waals surface area contributed by atoms with Gasteiger partial charge in [-0.05, 0) is 6.92 Å². The number of benzene rings is 1. The molecule has 1 atom stereocenters. The van der Waals surface area contributed by atoms with Crippen molar-refractivity contribution in [3.8, 4) is 0 Å². The highest BCUT2D eigenvalue weighted by Crippen LogP contribution is 2.40. The Labute approximate surface area is 110 Å². The third kappa shape index (κ3) is 1.62. The summed E-state index contributed by atoms with van der Waals surface area (Å²) in [6.07, 6.45) is 0.0584. The summed E-state index contributed by atoms with van der Waals surface area (Å²) in [4.78, 5) is 24.5. The normalized spacial score (nSPS) is 22.4. The Kier molecular flexibility index (Phi) is 2.59. The Balaban J connectivity index is 2.25. The first-order chi connectivity index (χ1) is 8.58. The van der Waals surface area contributed by atoms with Crippen molar-refractivity contribution < 1.29 is 14.3 Å². The van der Waals surface area contributed by atoms with E-state index in [2.05, 4.69) is 0 Å². The van der Waals surface area contributed by atoms with Crippen LogP contribution in [0.4, 0.5) is 0 Å². The van der Waals surface area contributed by atoms with E-state index in [4.69, 9.17) is 4.74 Å². The van der Waals surface area contributed by atoms with Gasteiger partial charge in [-0.15, -0.1) is 11.8 Å². The Hall–Kier alpha value is -1.49. The summed E-state index contributed by atoms with van der Waals surface area (Å²) in [6, 6.07) is 5.46. The number of Topliss-reactive ketones (excluding diaryl/α,β-unsaturated/α-hetero) is 2. The second kappa shape index (κ2) is 4.02. The molecule has 1 aliphatic carbocycles. The van der Waals surface area contributed by atoms with Gasteiger partial charge in [0.1, 0.15) is 24.6 Å². The molecule has 1 heterocycles. The van der Waals surface area contributed by atoms with Crippen molar-refractivity contribution in [1.29, 1.82) is 0 Å². The summed E-state index contributed by atoms with van der Waals surface area (Å²) in [5.41, 5.74) is 2.27. The van der Waals surface area contributed by atoms with Crippen LogP contribution in [0.1, 0.15) is 22.8 Å². The van der Waals surface area contributed by atoms with Crippen molar-refractivity contribution in [2.24, 2.45) is 0 Å². The molecular weight excluding hydrogens is 247 g/mol. The topological polar surface area (TPSA) is 43.4 Å². The smallest absolute Gasteiger partial charge is 0.243 e. The number of ether oxygens (including phenoxy) is 1. The second-order valence-corrected chi connectivity index (χ2v) is 5.64. The summed E-state index contributed by atoms with van der Waals surface area (Å²) in [5, 5.41) is 0. The van der Waals surface area contributed by atoms with Crippen LogP contribution >= 0.6 is 11.8 Å². The van der Waals surface area contributed by atoms with Gasteiger partial charge in [0.2, 0.25) is 11.6 Å². The average molecular weight is 258 g/mol. The molecule has 1 unspecified atom stereocenters. The number of rotatable bonds is 0. The van der Waals surface area contributed by atoms with Crippen molar-refractivity contribution in [1.82, 2.24) is 0 Å². The standard InChI is InChI=1S/C13H11BO3S/c1-6-5-18-13-11(16)10(15)8-3-2-7(14)4-9(8)12(13)17-6/h2-4,6H,5,14H2,1H3. The van der Waals surface area contributed by atoms with Crippen molar-refractivity contribution >= 4 is 42.4 Å². The van der Waals surface area contributed by atoms with E-state index in [1.165, 1.54) is 11.8 Å². The minimum atomic E-state index is -0.432. The molecule has 3 rings (SSSR count). The molecule has 1 aromatic carbocycles. The molecule has 1 aromatic rings. The van der Waals surface area contributed by atoms with Crippen LogP contribution in [-0.2, 0) is 9.53 Å². The van der Waals surface area contributed by atoms with E-state index in [1.807, 2.05) is 26.9 Å². The third-order valence-electron chi connectivity index (χ3n) is 3.06. The lowest BCUT2D eigenvalue weighted by atomic mass is 9.86. The fraction of sp³-hybridized carbons (Fsp3) is 0.231. The molecule has 2 aliphatic rings. The molecule has 0 spiro atoms. The highest BCUT2D eigenvalue weighted by molar-refractivity contribution is 8.04. The summed E-state index contributed by atoms with van der Waals surface area (Å²) < 4.78 is 5.78. The molecule has 18 heavy (non-hydrogen) atoms. The van der Waals surface area contributed by atoms with Gasteiger partial charge in [0.05, 0.1) is 0 Å². The Morgan fingerprint density at radius 3 is 2.83 bits per heavy atom. The van der Waals surface area contributed by atoms with E-state index in [0.29, 0.717) is 22.0 Å². The predicted molar refractivity (Wildman–Crippen MR) is 73.9 cm³/mol. The molecule has 0 fully saturated rings. The van der Waals surface area contributed by atoms with Gasteiger partial charge in [-0.2, -0.15) is 0 Å². The predicted octanol–water partition coefficient (Wildman–Crippen LogP) is 0.531. The number of carbonyl (C=O) groups is 2. The fourth-order valence-electron chi connectivity index (χ4n) is 2.18. The maximum atomic E-state index is 12.0. The highest BCUT2D eigenvalue weighted by Gasteiger charge is 2.37. The summed E-state index contributed by atoms with van der Waals surface area (Å²) in [7, 11) is 1.96. The maximum absolute atomic E-state index is 12.0. The van der Waals surface area contributed by atoms with Crippen LogP contribution in [0, 0.1) is 0 Å². The molecule has 0 saturated carbocycles. The molecule has 3 nitrogen and oxygen atoms in total. The van der Waals surface area contributed by atoms with Gasteiger partial charge in [0.25, 0.3) is 0 Å². The van der Waals surface area contributed by atoms with Crippen LogP contribution in [0.5, 0.6) is 0 Å². The second-order valence-electron chi connectivity index (χ2n) is 4.61. The van der Waals surface area contributed by atoms with Crippen molar-refractivity contribution in [3.05, 3.63) is 34.2 Å². The summed E-state index contributed by atoms with van der Waals surface area (Å²) >= 11 is 1.42. The monoisotopic (exact) mass is 258 g/mol. The molecule has 0 bridgehead atoms. The lowest BCUT2D eigenvalue weighted by molar-refractivity contribution is -0.111. The minimum Gasteiger partial charge on any atom is -0.488 e. The minimum absolute atomic E-state index is 0.0584. The molecule has 1 aliphatic heterocycles. The van der Waals surface area contributed by atoms with Gasteiger partial charge >= 0.3 is 0 Å². The number of hydrogen-bond acceptors (Lipinski definition) is 4. The third-order valence-corrected chi connectivity index (χ3v) is 4.36. The van der Waals surface area contributed by atoms with Gasteiger partial charge in [-0.25, -0.2) is 0 Å². The number of carbonyl (C=O) groups excluding carboxylic acids is 2. The lowest BCUT2D eigenvalue weighted by Gasteiger charge is -2.29. The van der Waals surface area contributed by atoms with Crippen molar-refractivity contribution in [2.75, 3.05) is 5.75 Å². The first-order valence-corrected chi connectivity index (χ1v) is 6.80. The molecular formula is C13H11BO3S. The molecule has 0 amide bonds. The van der Waals surface area contributed by atoms with Crippen molar-refractivity contribution in [2.45, 2.75) is 13.0 Å². The van der Waals surface area contributed by atoms with Gasteiger partial charge in [0.15, 0.2) is 0 Å². The maximum Gasteiger partial charge on any atom is 0.243 e. The zero-order chi connectivity index (χ0) is 12.9. The van der Waals surface area contributed by atoms with Crippen molar-refractivity contribution in [3.63, 3.8) is 0 Å². The Morgan fingerprint density at radius 1 is 1.28 bits per heavy atom. The van der Waals surface area contributed by atoms with Crippen LogP contribution in [0.15, 0.2) is 23.1 Å². The molecule has 90 valence electrons. The SMILES string of the molecule is Bc1ccc2c(c1)C1=C(SCC(C)O1)C(=O)C2=O. The lowest BCUT2D eigenvalue weighted by Crippen LogP contribution is -2.29. The summed E-state index contributed by atoms with van der Waals surface area (Å²) in [5.74, 6) is 0.439. The van der Waals surface area contributed by atoms with Crippen LogP contribution in [0.25, 0.3) is 5.76 Å². The highest BCUT2D eigenvalue weighted by atomic mass is 32.2. The first-order valence-electron chi connectivity index (χ1n) is 5.81. The van der Waals surface area contributed by atoms with E-state index in [9.17, 15) is 9.59 Å². The van der Waals surface area contributed by atoms with E-state index < -0.39 is 11.6 Å². The molecule has 5 heteroatoms. The number of thioether (sulfide) groups is 1. The van der Waals surface area contributed by atoms with Crippen LogP contribution < -0.4 is 5.46 Å². The Bertz CT molecular complexity index is 606. The van der Waals surface area contributed by atoms with E-state index in [0.717, 1.165) is 11.0 Å². The van der Waals surface area contributed by atoms with Gasteiger partial charge in [-0.1, -0.05) is 23.7 Å². The first kappa shape index (κ1) is 11.6. The summed E-state index contributed by atoms with van der Waals surface area (Å²) in [6.45, 7) is 1.97. The fourth-order valence-corrected chi connectivity index (χ4v) is 3.16. The molecule has 0 saturated heterocycles. The zero-order valence-corrected chi connectivity index (χ0v) is 11.0. The van der Waals surface area contributed by atoms with Crippen LogP contribution in [-0.4, -0.2) is 31.3 Å². The van der Waals surface area contributed by atoms with Gasteiger partial charge < -0.3 is 4.74 Å². The quantitative estimate of drug-likeness (QED) is 0.503. The Morgan fingerprint density at radius 2 is 2.06 bits per heavy atom. The average Bonchev–Trinajstić information content (AvgIpc) is 2.36. The van der Waals surface area contributed by atoms with Crippen LogP contribution in [0.3, 0.4) is 0 Å². The molecule has 0 aromatic heterocycles. The van der Waals surface area contributed by atoms with Gasteiger partial charge in [-0.3, -0.25) is 9.59 Å². The van der Waals surface area contributed by atoms with Gasteiger partial charge in [0, 0.05) is 16.9 Å². The largest absolute Gasteiger partial charge is 0.488 e. The van der Waals surface area contributed by atoms with E-state index in [1.54, 1.807) is 6.07 Å². The number of allylic oxidation sites excluding steroid dienone is 1. The number of fused-ring (bicyclic) bond motifs is 2. The molecule has 0 N–H and O–H groups in total. The van der Waals surface area contributed by atoms with E-state index in [-0.39, 0.29) is 6.10 Å². The zero-order valence-electron chi connectivity index (χ0n) is 10.1. The molecule has 0 radical (unpaired) electrons. The van der Waals surface area contributed by atoms with Crippen LogP contribution in [0.2, 0.25) is 0 Å².